The van der Waals surface area contributed by atoms with Crippen molar-refractivity contribution in [3.05, 3.63) is 89.2 Å². The van der Waals surface area contributed by atoms with Gasteiger partial charge in [0.2, 0.25) is 5.90 Å². The monoisotopic (exact) mass is 535 g/mol. The lowest BCUT2D eigenvalue weighted by atomic mass is 10.1. The van der Waals surface area contributed by atoms with E-state index >= 15 is 0 Å². The number of aryl methyl sites for hydroxylation is 1. The van der Waals surface area contributed by atoms with E-state index < -0.39 is 16.0 Å². The number of amides is 1. The lowest BCUT2D eigenvalue weighted by molar-refractivity contribution is -0.115. The molecule has 1 aliphatic rings. The van der Waals surface area contributed by atoms with Gasteiger partial charge in [0.1, 0.15) is 10.6 Å². The molecule has 3 aromatic rings. The zero-order valence-electron chi connectivity index (χ0n) is 21.5. The Hall–Kier alpha value is -4.11. The highest BCUT2D eigenvalue weighted by molar-refractivity contribution is 7.87. The maximum Gasteiger partial charge on any atom is 0.339 e. The molecule has 9 heteroatoms. The molecule has 1 amide bonds. The summed E-state index contributed by atoms with van der Waals surface area (Å²) < 4.78 is 47.9. The van der Waals surface area contributed by atoms with Gasteiger partial charge in [0.05, 0.1) is 13.2 Å². The molecule has 0 bridgehead atoms. The fraction of sp³-hybridized carbons (Fsp3) is 0.241. The van der Waals surface area contributed by atoms with E-state index in [1.165, 1.54) is 24.3 Å². The molecule has 3 aromatic carbocycles. The topological polar surface area (TPSA) is 100 Å². The van der Waals surface area contributed by atoms with E-state index in [4.69, 9.17) is 18.4 Å². The molecule has 38 heavy (non-hydrogen) atoms. The van der Waals surface area contributed by atoms with Gasteiger partial charge in [-0.3, -0.25) is 4.79 Å². The molecule has 0 fully saturated rings. The van der Waals surface area contributed by atoms with Gasteiger partial charge in [0.15, 0.2) is 17.3 Å². The van der Waals surface area contributed by atoms with E-state index in [-0.39, 0.29) is 34.7 Å². The first-order chi connectivity index (χ1) is 18.3. The number of hydrogen-bond donors (Lipinski definition) is 0. The molecular formula is C29H29NO7S. The molecule has 1 heterocycles. The first kappa shape index (κ1) is 26.9. The summed E-state index contributed by atoms with van der Waals surface area (Å²) in [4.78, 5) is 16.6. The molecular weight excluding hydrogens is 506 g/mol. The van der Waals surface area contributed by atoms with Crippen LogP contribution >= 0.6 is 0 Å². The third-order valence-electron chi connectivity index (χ3n) is 5.56. The highest BCUT2D eigenvalue weighted by atomic mass is 32.2. The molecule has 0 radical (unpaired) electrons. The van der Waals surface area contributed by atoms with Crippen molar-refractivity contribution < 1.29 is 31.6 Å². The van der Waals surface area contributed by atoms with E-state index in [1.54, 1.807) is 55.5 Å². The highest BCUT2D eigenvalue weighted by Gasteiger charge is 2.25. The van der Waals surface area contributed by atoms with Crippen LogP contribution in [0.3, 0.4) is 0 Å². The van der Waals surface area contributed by atoms with Crippen molar-refractivity contribution in [1.29, 1.82) is 0 Å². The number of rotatable bonds is 11. The molecule has 0 spiro atoms. The molecule has 0 aromatic heterocycles. The van der Waals surface area contributed by atoms with Gasteiger partial charge in [0.25, 0.3) is 0 Å². The number of carbonyl (C=O) groups excluding carboxylic acids is 1. The summed E-state index contributed by atoms with van der Waals surface area (Å²) in [5, 5.41) is 0. The van der Waals surface area contributed by atoms with Crippen LogP contribution in [-0.2, 0) is 19.6 Å². The van der Waals surface area contributed by atoms with Gasteiger partial charge in [-0.1, -0.05) is 37.1 Å². The standard InChI is InChI=1S/C29H29NO7S/c1-4-6-17-35-23-12-10-22(11-13-23)29-30-28(31)27(36-29)19-21-9-16-25(26(18-21)34-5-2)37-38(32,33)24-14-7-20(3)8-15-24/h7-16,18-19H,4-6,17H2,1-3H3/b27-19+. The normalized spacial score (nSPS) is 14.2. The molecule has 0 saturated carbocycles. The first-order valence-electron chi connectivity index (χ1n) is 12.3. The predicted octanol–water partition coefficient (Wildman–Crippen LogP) is 5.68. The summed E-state index contributed by atoms with van der Waals surface area (Å²) in [6.45, 7) is 6.66. The first-order valence-corrected chi connectivity index (χ1v) is 13.7. The van der Waals surface area contributed by atoms with Crippen LogP contribution in [-0.4, -0.2) is 33.4 Å². The van der Waals surface area contributed by atoms with Crippen LogP contribution < -0.4 is 13.7 Å². The molecule has 0 unspecified atom stereocenters. The molecule has 0 saturated heterocycles. The van der Waals surface area contributed by atoms with Crippen LogP contribution in [0, 0.1) is 6.92 Å². The van der Waals surface area contributed by atoms with Gasteiger partial charge < -0.3 is 18.4 Å². The summed E-state index contributed by atoms with van der Waals surface area (Å²) in [6, 6.07) is 18.2. The van der Waals surface area contributed by atoms with Crippen molar-refractivity contribution in [1.82, 2.24) is 0 Å². The number of ether oxygens (including phenoxy) is 3. The third-order valence-corrected chi connectivity index (χ3v) is 6.81. The van der Waals surface area contributed by atoms with Crippen molar-refractivity contribution in [3.63, 3.8) is 0 Å². The van der Waals surface area contributed by atoms with Gasteiger partial charge in [0, 0.05) is 5.56 Å². The number of benzene rings is 3. The van der Waals surface area contributed by atoms with Crippen LogP contribution in [0.5, 0.6) is 17.2 Å². The van der Waals surface area contributed by atoms with E-state index in [0.717, 1.165) is 24.2 Å². The summed E-state index contributed by atoms with van der Waals surface area (Å²) in [6.07, 6.45) is 3.54. The Morgan fingerprint density at radius 3 is 2.34 bits per heavy atom. The fourth-order valence-electron chi connectivity index (χ4n) is 3.53. The summed E-state index contributed by atoms with van der Waals surface area (Å²) in [5.74, 6) is 0.679. The number of hydrogen-bond acceptors (Lipinski definition) is 7. The second kappa shape index (κ2) is 12.0. The quantitative estimate of drug-likeness (QED) is 0.177. The largest absolute Gasteiger partial charge is 0.494 e. The fourth-order valence-corrected chi connectivity index (χ4v) is 4.47. The summed E-state index contributed by atoms with van der Waals surface area (Å²) in [7, 11) is -4.06. The van der Waals surface area contributed by atoms with Gasteiger partial charge in [-0.2, -0.15) is 13.4 Å². The highest BCUT2D eigenvalue weighted by Crippen LogP contribution is 2.32. The average Bonchev–Trinajstić information content (AvgIpc) is 3.26. The lowest BCUT2D eigenvalue weighted by Gasteiger charge is -2.13. The SMILES string of the molecule is CCCCOc1ccc(C2=NC(=O)/C(=C\c3ccc(OS(=O)(=O)c4ccc(C)cc4)c(OCC)c3)O2)cc1. The molecule has 0 atom stereocenters. The second-order valence-corrected chi connectivity index (χ2v) is 10.1. The van der Waals surface area contributed by atoms with Crippen molar-refractivity contribution in [3.8, 4) is 17.2 Å². The van der Waals surface area contributed by atoms with Crippen molar-refractivity contribution in [2.75, 3.05) is 13.2 Å². The minimum absolute atomic E-state index is 0.0337. The minimum Gasteiger partial charge on any atom is -0.494 e. The molecule has 4 rings (SSSR count). The Morgan fingerprint density at radius 2 is 1.66 bits per heavy atom. The van der Waals surface area contributed by atoms with E-state index in [1.807, 2.05) is 6.92 Å². The van der Waals surface area contributed by atoms with E-state index in [9.17, 15) is 13.2 Å². The van der Waals surface area contributed by atoms with Crippen LogP contribution in [0.25, 0.3) is 6.08 Å². The van der Waals surface area contributed by atoms with Crippen molar-refractivity contribution >= 4 is 28.0 Å². The maximum absolute atomic E-state index is 12.8. The van der Waals surface area contributed by atoms with Gasteiger partial charge in [-0.05, 0) is 80.4 Å². The van der Waals surface area contributed by atoms with Crippen LogP contribution in [0.1, 0.15) is 43.4 Å². The Bertz CT molecular complexity index is 1460. The molecule has 1 aliphatic heterocycles. The zero-order chi connectivity index (χ0) is 27.1. The molecule has 0 aliphatic carbocycles. The maximum atomic E-state index is 12.8. The van der Waals surface area contributed by atoms with Crippen LogP contribution in [0.4, 0.5) is 0 Å². The molecule has 8 nitrogen and oxygen atoms in total. The Labute approximate surface area is 222 Å². The number of carbonyl (C=O) groups is 1. The Kier molecular flexibility index (Phi) is 8.48. The second-order valence-electron chi connectivity index (χ2n) is 8.55. The van der Waals surface area contributed by atoms with E-state index in [2.05, 4.69) is 11.9 Å². The Morgan fingerprint density at radius 1 is 0.921 bits per heavy atom. The number of nitrogens with zero attached hydrogens (tertiary/aromatic N) is 1. The molecule has 0 N–H and O–H groups in total. The summed E-state index contributed by atoms with van der Waals surface area (Å²) >= 11 is 0. The van der Waals surface area contributed by atoms with Crippen molar-refractivity contribution in [2.45, 2.75) is 38.5 Å². The van der Waals surface area contributed by atoms with Crippen LogP contribution in [0.2, 0.25) is 0 Å². The van der Waals surface area contributed by atoms with Crippen molar-refractivity contribution in [2.24, 2.45) is 4.99 Å². The Balaban J connectivity index is 1.50. The van der Waals surface area contributed by atoms with Crippen LogP contribution in [0.15, 0.2) is 82.4 Å². The minimum atomic E-state index is -4.06. The van der Waals surface area contributed by atoms with Gasteiger partial charge in [-0.15, -0.1) is 0 Å². The number of unbranched alkanes of at least 4 members (excludes halogenated alkanes) is 1. The van der Waals surface area contributed by atoms with Gasteiger partial charge in [-0.25, -0.2) is 0 Å². The summed E-state index contributed by atoms with van der Waals surface area (Å²) in [5.41, 5.74) is 2.12. The average molecular weight is 536 g/mol. The molecule has 198 valence electrons. The number of aliphatic imine (C=N–C) groups is 1. The lowest BCUT2D eigenvalue weighted by Crippen LogP contribution is -2.11. The predicted molar refractivity (Wildman–Crippen MR) is 144 cm³/mol. The zero-order valence-corrected chi connectivity index (χ0v) is 22.3. The van der Waals surface area contributed by atoms with Gasteiger partial charge >= 0.3 is 16.0 Å². The smallest absolute Gasteiger partial charge is 0.339 e. The third kappa shape index (κ3) is 6.60. The van der Waals surface area contributed by atoms with E-state index in [0.29, 0.717) is 17.7 Å².